The highest BCUT2D eigenvalue weighted by molar-refractivity contribution is 6.31. The molecule has 0 saturated heterocycles. The van der Waals surface area contributed by atoms with Crippen molar-refractivity contribution in [2.24, 2.45) is 11.8 Å². The topological polar surface area (TPSA) is 125 Å². The zero-order chi connectivity index (χ0) is 30.3. The average Bonchev–Trinajstić information content (AvgIpc) is 3.46. The van der Waals surface area contributed by atoms with E-state index in [1.54, 1.807) is 29.8 Å². The summed E-state index contributed by atoms with van der Waals surface area (Å²) in [5.41, 5.74) is 8.27. The maximum atomic E-state index is 13.9. The number of fused-ring (bicyclic) bond motifs is 2. The normalized spacial score (nSPS) is 21.7. The highest BCUT2D eigenvalue weighted by atomic mass is 35.5. The smallest absolute Gasteiger partial charge is 0.330 e. The van der Waals surface area contributed by atoms with E-state index in [0.717, 1.165) is 42.1 Å². The monoisotopic (exact) mass is 602 g/mol. The number of rotatable bonds is 7. The third kappa shape index (κ3) is 5.35. The second kappa shape index (κ2) is 11.4. The molecule has 1 unspecified atom stereocenters. The minimum atomic E-state index is -0.889. The summed E-state index contributed by atoms with van der Waals surface area (Å²) in [5.74, 6) is 0.351. The van der Waals surface area contributed by atoms with Gasteiger partial charge in [-0.2, -0.15) is 5.10 Å². The van der Waals surface area contributed by atoms with Crippen LogP contribution in [0.15, 0.2) is 54.6 Å². The molecule has 6 rings (SSSR count). The number of halogens is 2. The fourth-order valence-corrected chi connectivity index (χ4v) is 6.63. The molecule has 1 saturated carbocycles. The van der Waals surface area contributed by atoms with E-state index in [1.807, 2.05) is 25.1 Å². The number of nitrogens with one attached hydrogen (secondary N) is 1. The van der Waals surface area contributed by atoms with Crippen LogP contribution in [0.2, 0.25) is 5.02 Å². The second-order valence-electron chi connectivity index (χ2n) is 11.3. The third-order valence-electron chi connectivity index (χ3n) is 8.69. The molecule has 9 nitrogen and oxygen atoms in total. The maximum absolute atomic E-state index is 13.9. The van der Waals surface area contributed by atoms with E-state index in [9.17, 15) is 14.0 Å². The molecular formula is C32H32ClFN6O3. The van der Waals surface area contributed by atoms with E-state index in [1.165, 1.54) is 18.2 Å². The molecule has 4 aromatic rings. The number of nitrogen functional groups attached to an aromatic ring is 1. The van der Waals surface area contributed by atoms with Crippen LogP contribution in [-0.4, -0.2) is 38.2 Å². The van der Waals surface area contributed by atoms with Gasteiger partial charge in [0.2, 0.25) is 5.91 Å². The first-order chi connectivity index (χ1) is 20.7. The second-order valence-corrected chi connectivity index (χ2v) is 11.8. The zero-order valence-corrected chi connectivity index (χ0v) is 24.7. The van der Waals surface area contributed by atoms with Crippen molar-refractivity contribution in [1.29, 1.82) is 0 Å². The number of ether oxygens (including phenoxy) is 1. The van der Waals surface area contributed by atoms with E-state index in [4.69, 9.17) is 32.2 Å². The summed E-state index contributed by atoms with van der Waals surface area (Å²) in [6, 6.07) is 11.7. The van der Waals surface area contributed by atoms with Gasteiger partial charge in [0, 0.05) is 16.5 Å². The van der Waals surface area contributed by atoms with Gasteiger partial charge in [-0.1, -0.05) is 29.8 Å². The lowest BCUT2D eigenvalue weighted by Crippen LogP contribution is -2.41. The lowest BCUT2D eigenvalue weighted by atomic mass is 9.65. The Kier molecular flexibility index (Phi) is 7.64. The number of nitrogens with two attached hydrogens (primary N) is 1. The number of carbonyl (C=O) groups excluding carboxylic acids is 2. The number of amides is 1. The Hall–Kier alpha value is -4.31. The Balaban J connectivity index is 1.31. The molecule has 1 amide bonds. The fourth-order valence-electron chi connectivity index (χ4n) is 6.46. The van der Waals surface area contributed by atoms with Gasteiger partial charge in [0.1, 0.15) is 23.1 Å². The van der Waals surface area contributed by atoms with Crippen LogP contribution < -0.4 is 11.1 Å². The summed E-state index contributed by atoms with van der Waals surface area (Å²) in [6.45, 7) is 4.34. The Labute approximate surface area is 253 Å². The number of allylic oxidation sites excluding steroid dienone is 1. The van der Waals surface area contributed by atoms with Gasteiger partial charge in [0.25, 0.3) is 0 Å². The van der Waals surface area contributed by atoms with Crippen LogP contribution in [0.5, 0.6) is 0 Å². The molecule has 11 heteroatoms. The van der Waals surface area contributed by atoms with Crippen LogP contribution in [0.1, 0.15) is 50.7 Å². The van der Waals surface area contributed by atoms with Crippen molar-refractivity contribution in [1.82, 2.24) is 19.7 Å². The van der Waals surface area contributed by atoms with Crippen molar-refractivity contribution in [2.75, 3.05) is 17.7 Å². The van der Waals surface area contributed by atoms with Gasteiger partial charge in [-0.25, -0.2) is 19.2 Å². The SMILES string of the molecule is CCOC(=O)/C=C/C1CCC(C2(C)C(=O)Nc3nc(-c4nn(Cc5cccc(F)c5)c5cc(Cl)ccc45)nc(N)c32)CC1. The Morgan fingerprint density at radius 1 is 1.21 bits per heavy atom. The Morgan fingerprint density at radius 3 is 2.74 bits per heavy atom. The largest absolute Gasteiger partial charge is 0.463 e. The van der Waals surface area contributed by atoms with Gasteiger partial charge in [0.15, 0.2) is 5.82 Å². The zero-order valence-electron chi connectivity index (χ0n) is 23.9. The summed E-state index contributed by atoms with van der Waals surface area (Å²) >= 11 is 6.33. The Morgan fingerprint density at radius 2 is 2.00 bits per heavy atom. The van der Waals surface area contributed by atoms with E-state index in [0.29, 0.717) is 35.2 Å². The van der Waals surface area contributed by atoms with Crippen molar-refractivity contribution in [3.63, 3.8) is 0 Å². The van der Waals surface area contributed by atoms with Crippen LogP contribution in [0, 0.1) is 17.7 Å². The van der Waals surface area contributed by atoms with E-state index >= 15 is 0 Å². The average molecular weight is 603 g/mol. The van der Waals surface area contributed by atoms with Gasteiger partial charge >= 0.3 is 5.97 Å². The quantitative estimate of drug-likeness (QED) is 0.195. The molecule has 3 heterocycles. The summed E-state index contributed by atoms with van der Waals surface area (Å²) in [4.78, 5) is 34.7. The molecule has 222 valence electrons. The van der Waals surface area contributed by atoms with E-state index < -0.39 is 5.41 Å². The number of hydrogen-bond acceptors (Lipinski definition) is 7. The lowest BCUT2D eigenvalue weighted by Gasteiger charge is -2.37. The highest BCUT2D eigenvalue weighted by Gasteiger charge is 2.51. The number of hydrogen-bond donors (Lipinski definition) is 2. The molecular weight excluding hydrogens is 571 g/mol. The first kappa shape index (κ1) is 28.8. The molecule has 1 atom stereocenters. The number of benzene rings is 2. The minimum absolute atomic E-state index is 0.0335. The first-order valence-corrected chi connectivity index (χ1v) is 14.8. The third-order valence-corrected chi connectivity index (χ3v) is 8.92. The summed E-state index contributed by atoms with van der Waals surface area (Å²) in [6.07, 6.45) is 6.67. The predicted octanol–water partition coefficient (Wildman–Crippen LogP) is 6.05. The molecule has 1 aliphatic heterocycles. The number of anilines is 2. The standard InChI is InChI=1S/C32H32ClFN6O3/c1-3-43-25(41)14-9-18-7-10-20(11-8-18)32(2)26-28(35)36-30(37-29(26)38-31(32)42)27-23-13-12-21(33)16-24(23)40(39-27)17-19-5-4-6-22(34)15-19/h4-6,9,12-16,18,20H,3,7-8,10-11,17H2,1-2H3,(H3,35,36,37,38,42)/b14-9+. The van der Waals surface area contributed by atoms with Crippen molar-refractivity contribution < 1.29 is 18.7 Å². The van der Waals surface area contributed by atoms with Gasteiger partial charge in [0.05, 0.1) is 29.6 Å². The molecule has 0 radical (unpaired) electrons. The molecule has 2 aromatic heterocycles. The molecule has 2 aromatic carbocycles. The number of carbonyl (C=O) groups is 2. The molecule has 1 fully saturated rings. The summed E-state index contributed by atoms with van der Waals surface area (Å²) in [5, 5.41) is 9.04. The minimum Gasteiger partial charge on any atom is -0.463 e. The van der Waals surface area contributed by atoms with Crippen molar-refractivity contribution >= 4 is 46.0 Å². The number of esters is 1. The lowest BCUT2D eigenvalue weighted by molar-refractivity contribution is -0.137. The van der Waals surface area contributed by atoms with Gasteiger partial charge in [-0.3, -0.25) is 9.48 Å². The summed E-state index contributed by atoms with van der Waals surface area (Å²) in [7, 11) is 0. The van der Waals surface area contributed by atoms with Gasteiger partial charge in [-0.05, 0) is 87.3 Å². The van der Waals surface area contributed by atoms with Crippen LogP contribution in [-0.2, 0) is 26.3 Å². The van der Waals surface area contributed by atoms with E-state index in [-0.39, 0.29) is 41.2 Å². The van der Waals surface area contributed by atoms with Crippen molar-refractivity contribution in [3.8, 4) is 11.5 Å². The number of aromatic nitrogens is 4. The van der Waals surface area contributed by atoms with Crippen LogP contribution in [0.3, 0.4) is 0 Å². The molecule has 0 spiro atoms. The highest BCUT2D eigenvalue weighted by Crippen LogP contribution is 2.50. The molecule has 2 aliphatic rings. The first-order valence-electron chi connectivity index (χ1n) is 14.4. The van der Waals surface area contributed by atoms with Gasteiger partial charge < -0.3 is 15.8 Å². The van der Waals surface area contributed by atoms with Crippen LogP contribution in [0.4, 0.5) is 16.0 Å². The Bertz CT molecular complexity index is 1760. The molecule has 43 heavy (non-hydrogen) atoms. The predicted molar refractivity (Wildman–Crippen MR) is 163 cm³/mol. The summed E-state index contributed by atoms with van der Waals surface area (Å²) < 4.78 is 20.6. The van der Waals surface area contributed by atoms with Crippen molar-refractivity contribution in [3.05, 3.63) is 76.6 Å². The van der Waals surface area contributed by atoms with Gasteiger partial charge in [-0.15, -0.1) is 0 Å². The fraction of sp³-hybridized carbons (Fsp3) is 0.344. The van der Waals surface area contributed by atoms with Crippen LogP contribution in [0.25, 0.3) is 22.4 Å². The van der Waals surface area contributed by atoms with Crippen LogP contribution >= 0.6 is 11.6 Å². The number of nitrogens with zero attached hydrogens (tertiary/aromatic N) is 4. The van der Waals surface area contributed by atoms with E-state index in [2.05, 4.69) is 10.3 Å². The van der Waals surface area contributed by atoms with Crippen molar-refractivity contribution in [2.45, 2.75) is 51.5 Å². The molecule has 0 bridgehead atoms. The maximum Gasteiger partial charge on any atom is 0.330 e. The molecule has 1 aliphatic carbocycles. The molecule has 3 N–H and O–H groups in total.